The average molecular weight is 585 g/mol. The van der Waals surface area contributed by atoms with Gasteiger partial charge in [0.25, 0.3) is 0 Å². The Morgan fingerprint density at radius 3 is 1.61 bits per heavy atom. The van der Waals surface area contributed by atoms with E-state index in [1.807, 2.05) is 0 Å². The lowest BCUT2D eigenvalue weighted by molar-refractivity contribution is 1.13. The highest BCUT2D eigenvalue weighted by Crippen LogP contribution is 2.39. The molecule has 2 nitrogen and oxygen atoms in total. The van der Waals surface area contributed by atoms with Gasteiger partial charge in [-0.2, -0.15) is 0 Å². The summed E-state index contributed by atoms with van der Waals surface area (Å²) in [7, 11) is 0. The van der Waals surface area contributed by atoms with Crippen molar-refractivity contribution in [1.82, 2.24) is 9.13 Å². The molecule has 214 valence electrons. The third kappa shape index (κ3) is 3.65. The zero-order chi connectivity index (χ0) is 30.2. The van der Waals surface area contributed by atoms with Crippen molar-refractivity contribution in [3.8, 4) is 22.5 Å². The highest BCUT2D eigenvalue weighted by Gasteiger charge is 2.16. The molecule has 10 rings (SSSR count). The van der Waals surface area contributed by atoms with Crippen LogP contribution in [0.5, 0.6) is 0 Å². The summed E-state index contributed by atoms with van der Waals surface area (Å²) < 4.78 is 4.69. The number of nitrogens with zero attached hydrogens (tertiary/aromatic N) is 2. The molecule has 10 aromatic rings. The van der Waals surface area contributed by atoms with E-state index in [1.165, 1.54) is 81.8 Å². The van der Waals surface area contributed by atoms with Gasteiger partial charge in [0, 0.05) is 33.7 Å². The van der Waals surface area contributed by atoms with E-state index in [1.54, 1.807) is 0 Å². The summed E-state index contributed by atoms with van der Waals surface area (Å²) in [6.07, 6.45) is 2.18. The molecule has 0 bridgehead atoms. The third-order valence-electron chi connectivity index (χ3n) is 9.72. The molecule has 46 heavy (non-hydrogen) atoms. The minimum atomic E-state index is 1.16. The van der Waals surface area contributed by atoms with E-state index < -0.39 is 0 Å². The second kappa shape index (κ2) is 9.69. The third-order valence-corrected chi connectivity index (χ3v) is 9.72. The predicted octanol–water partition coefficient (Wildman–Crippen LogP) is 11.9. The molecule has 0 aliphatic carbocycles. The Labute approximate surface area is 266 Å². The van der Waals surface area contributed by atoms with Crippen LogP contribution < -0.4 is 0 Å². The van der Waals surface area contributed by atoms with Crippen molar-refractivity contribution < 1.29 is 0 Å². The fraction of sp³-hybridized carbons (Fsp3) is 0. The molecule has 0 atom stereocenters. The Kier molecular flexibility index (Phi) is 5.31. The monoisotopic (exact) mass is 584 g/mol. The first-order valence-corrected chi connectivity index (χ1v) is 15.9. The lowest BCUT2D eigenvalue weighted by Gasteiger charge is -2.13. The number of benzene rings is 8. The van der Waals surface area contributed by atoms with E-state index in [0.29, 0.717) is 0 Å². The van der Waals surface area contributed by atoms with E-state index >= 15 is 0 Å². The van der Waals surface area contributed by atoms with Crippen LogP contribution in [0.25, 0.3) is 87.5 Å². The molecular weight excluding hydrogens is 556 g/mol. The minimum absolute atomic E-state index is 1.16. The van der Waals surface area contributed by atoms with Gasteiger partial charge in [0.1, 0.15) is 0 Å². The average Bonchev–Trinajstić information content (AvgIpc) is 3.69. The predicted molar refractivity (Wildman–Crippen MR) is 196 cm³/mol. The molecule has 0 spiro atoms. The van der Waals surface area contributed by atoms with Crippen molar-refractivity contribution in [2.75, 3.05) is 0 Å². The van der Waals surface area contributed by atoms with Gasteiger partial charge in [0.05, 0.1) is 16.6 Å². The maximum absolute atomic E-state index is 2.41. The number of hydrogen-bond donors (Lipinski definition) is 0. The Hall–Kier alpha value is -6.12. The topological polar surface area (TPSA) is 9.86 Å². The van der Waals surface area contributed by atoms with E-state index in [2.05, 4.69) is 179 Å². The van der Waals surface area contributed by atoms with Crippen molar-refractivity contribution in [1.29, 1.82) is 0 Å². The molecule has 0 amide bonds. The first kappa shape index (κ1) is 25.2. The number of para-hydroxylation sites is 2. The van der Waals surface area contributed by atoms with Crippen LogP contribution >= 0.6 is 0 Å². The quantitative estimate of drug-likeness (QED) is 0.183. The van der Waals surface area contributed by atoms with Crippen LogP contribution in [0.1, 0.15) is 0 Å². The molecule has 0 aliphatic rings. The first-order chi connectivity index (χ1) is 22.8. The molecule has 0 N–H and O–H groups in total. The molecule has 0 fully saturated rings. The molecule has 0 radical (unpaired) electrons. The minimum Gasteiger partial charge on any atom is -0.317 e. The van der Waals surface area contributed by atoms with Gasteiger partial charge >= 0.3 is 0 Å². The fourth-order valence-corrected chi connectivity index (χ4v) is 7.58. The summed E-state index contributed by atoms with van der Waals surface area (Å²) >= 11 is 0. The van der Waals surface area contributed by atoms with Gasteiger partial charge in [-0.15, -0.1) is 0 Å². The zero-order valence-electron chi connectivity index (χ0n) is 25.1. The largest absolute Gasteiger partial charge is 0.317 e. The summed E-state index contributed by atoms with van der Waals surface area (Å²) in [4.78, 5) is 0. The lowest BCUT2D eigenvalue weighted by Crippen LogP contribution is -1.94. The lowest BCUT2D eigenvalue weighted by atomic mass is 9.92. The molecule has 2 heteroatoms. The van der Waals surface area contributed by atoms with Gasteiger partial charge in [0.2, 0.25) is 0 Å². The normalized spacial score (nSPS) is 11.9. The van der Waals surface area contributed by atoms with E-state index in [9.17, 15) is 0 Å². The Balaban J connectivity index is 1.13. The standard InChI is InChI=1S/C44H28N2/c1-2-10-32(11-3-1)45-25-24-31-27-44-41(28-43(31)45)39-16-8-9-17-42(39)46(44)33-21-18-29(19-22-33)30-20-23-38-36-14-5-4-12-34(36)35-13-6-7-15-37(35)40(38)26-30/h1-28H. The molecule has 8 aromatic carbocycles. The summed E-state index contributed by atoms with van der Waals surface area (Å²) in [5.41, 5.74) is 8.43. The summed E-state index contributed by atoms with van der Waals surface area (Å²) in [6.45, 7) is 0. The number of aromatic nitrogens is 2. The van der Waals surface area contributed by atoms with Gasteiger partial charge in [-0.25, -0.2) is 0 Å². The summed E-state index contributed by atoms with van der Waals surface area (Å²) in [6, 6.07) is 59.8. The second-order valence-corrected chi connectivity index (χ2v) is 12.2. The molecular formula is C44H28N2. The van der Waals surface area contributed by atoms with Crippen LogP contribution in [-0.2, 0) is 0 Å². The van der Waals surface area contributed by atoms with Gasteiger partial charge in [-0.3, -0.25) is 0 Å². The number of hydrogen-bond acceptors (Lipinski definition) is 0. The smallest absolute Gasteiger partial charge is 0.0548 e. The van der Waals surface area contributed by atoms with Crippen LogP contribution in [0.4, 0.5) is 0 Å². The highest BCUT2D eigenvalue weighted by atomic mass is 15.0. The van der Waals surface area contributed by atoms with Crippen molar-refractivity contribution in [2.24, 2.45) is 0 Å². The van der Waals surface area contributed by atoms with Crippen LogP contribution in [0.15, 0.2) is 170 Å². The van der Waals surface area contributed by atoms with Crippen LogP contribution in [0, 0.1) is 0 Å². The molecule has 0 saturated carbocycles. The van der Waals surface area contributed by atoms with Crippen molar-refractivity contribution in [3.05, 3.63) is 170 Å². The SMILES string of the molecule is c1ccc(-n2ccc3cc4c(cc32)c2ccccc2n4-c2ccc(-c3ccc4c5ccccc5c5ccccc5c4c3)cc2)cc1. The van der Waals surface area contributed by atoms with Gasteiger partial charge < -0.3 is 9.13 Å². The first-order valence-electron chi connectivity index (χ1n) is 15.9. The van der Waals surface area contributed by atoms with Crippen LogP contribution in [-0.4, -0.2) is 9.13 Å². The van der Waals surface area contributed by atoms with E-state index in [-0.39, 0.29) is 0 Å². The maximum Gasteiger partial charge on any atom is 0.0548 e. The highest BCUT2D eigenvalue weighted by molar-refractivity contribution is 6.25. The van der Waals surface area contributed by atoms with Crippen molar-refractivity contribution in [3.63, 3.8) is 0 Å². The maximum atomic E-state index is 2.41. The summed E-state index contributed by atoms with van der Waals surface area (Å²) in [5.74, 6) is 0. The summed E-state index contributed by atoms with van der Waals surface area (Å²) in [5, 5.41) is 11.6. The van der Waals surface area contributed by atoms with Crippen LogP contribution in [0.3, 0.4) is 0 Å². The van der Waals surface area contributed by atoms with Gasteiger partial charge in [0.15, 0.2) is 0 Å². The van der Waals surface area contributed by atoms with Crippen LogP contribution in [0.2, 0.25) is 0 Å². The molecule has 2 aromatic heterocycles. The zero-order valence-corrected chi connectivity index (χ0v) is 25.1. The Bertz CT molecular complexity index is 2740. The number of rotatable bonds is 3. The Morgan fingerprint density at radius 1 is 0.304 bits per heavy atom. The fourth-order valence-electron chi connectivity index (χ4n) is 7.58. The molecule has 0 aliphatic heterocycles. The van der Waals surface area contributed by atoms with Crippen molar-refractivity contribution >= 4 is 65.0 Å². The molecule has 0 saturated heterocycles. The Morgan fingerprint density at radius 2 is 0.891 bits per heavy atom. The number of fused-ring (bicyclic) bond motifs is 10. The van der Waals surface area contributed by atoms with E-state index in [4.69, 9.17) is 0 Å². The molecule has 2 heterocycles. The van der Waals surface area contributed by atoms with Gasteiger partial charge in [-0.05, 0) is 98.0 Å². The second-order valence-electron chi connectivity index (χ2n) is 12.2. The molecule has 0 unspecified atom stereocenters. The van der Waals surface area contributed by atoms with Crippen molar-refractivity contribution in [2.45, 2.75) is 0 Å². The van der Waals surface area contributed by atoms with Gasteiger partial charge in [-0.1, -0.05) is 109 Å². The van der Waals surface area contributed by atoms with E-state index in [0.717, 1.165) is 5.69 Å².